The van der Waals surface area contributed by atoms with Crippen LogP contribution < -0.4 is 11.1 Å². The van der Waals surface area contributed by atoms with E-state index in [1.54, 1.807) is 6.92 Å². The third kappa shape index (κ3) is 4.62. The Morgan fingerprint density at radius 3 is 3.00 bits per heavy atom. The van der Waals surface area contributed by atoms with E-state index in [-0.39, 0.29) is 5.91 Å². The SMILES string of the molecule is CC1CCCN(CCNC(=O)C(C)N)C1. The summed E-state index contributed by atoms with van der Waals surface area (Å²) < 4.78 is 0. The second-order valence-electron chi connectivity index (χ2n) is 4.63. The van der Waals surface area contributed by atoms with E-state index in [4.69, 9.17) is 5.73 Å². The van der Waals surface area contributed by atoms with Crippen LogP contribution in [0.2, 0.25) is 0 Å². The van der Waals surface area contributed by atoms with Gasteiger partial charge in [0.15, 0.2) is 0 Å². The molecular formula is C11H23N3O. The maximum absolute atomic E-state index is 11.2. The molecule has 0 bridgehead atoms. The second-order valence-corrected chi connectivity index (χ2v) is 4.63. The second kappa shape index (κ2) is 6.08. The topological polar surface area (TPSA) is 58.4 Å². The van der Waals surface area contributed by atoms with Gasteiger partial charge in [-0.2, -0.15) is 0 Å². The Hall–Kier alpha value is -0.610. The van der Waals surface area contributed by atoms with Gasteiger partial charge in [-0.25, -0.2) is 0 Å². The van der Waals surface area contributed by atoms with E-state index in [0.29, 0.717) is 6.54 Å². The molecule has 1 rings (SSSR count). The predicted molar refractivity (Wildman–Crippen MR) is 61.5 cm³/mol. The van der Waals surface area contributed by atoms with Crippen molar-refractivity contribution >= 4 is 5.91 Å². The molecule has 1 heterocycles. The Kier molecular flexibility index (Phi) is 5.05. The lowest BCUT2D eigenvalue weighted by atomic mass is 10.0. The first-order valence-corrected chi connectivity index (χ1v) is 5.85. The summed E-state index contributed by atoms with van der Waals surface area (Å²) in [6.45, 7) is 7.98. The molecule has 2 atom stereocenters. The minimum absolute atomic E-state index is 0.0555. The molecule has 4 heteroatoms. The van der Waals surface area contributed by atoms with E-state index in [1.165, 1.54) is 19.4 Å². The average Bonchev–Trinajstić information content (AvgIpc) is 2.17. The normalized spacial score (nSPS) is 24.9. The third-order valence-corrected chi connectivity index (χ3v) is 2.88. The highest BCUT2D eigenvalue weighted by Crippen LogP contribution is 2.14. The van der Waals surface area contributed by atoms with Gasteiger partial charge in [-0.05, 0) is 32.2 Å². The van der Waals surface area contributed by atoms with E-state index >= 15 is 0 Å². The van der Waals surface area contributed by atoms with Crippen molar-refractivity contribution in [3.05, 3.63) is 0 Å². The monoisotopic (exact) mass is 213 g/mol. The van der Waals surface area contributed by atoms with Crippen LogP contribution in [0, 0.1) is 5.92 Å². The fourth-order valence-corrected chi connectivity index (χ4v) is 1.99. The van der Waals surface area contributed by atoms with Gasteiger partial charge in [0.05, 0.1) is 6.04 Å². The van der Waals surface area contributed by atoms with Crippen molar-refractivity contribution in [2.24, 2.45) is 11.7 Å². The van der Waals surface area contributed by atoms with Gasteiger partial charge in [-0.1, -0.05) is 6.92 Å². The first-order valence-electron chi connectivity index (χ1n) is 5.85. The molecule has 2 unspecified atom stereocenters. The van der Waals surface area contributed by atoms with Crippen LogP contribution >= 0.6 is 0 Å². The molecule has 1 aliphatic rings. The molecule has 15 heavy (non-hydrogen) atoms. The van der Waals surface area contributed by atoms with Gasteiger partial charge in [-0.3, -0.25) is 4.79 Å². The summed E-state index contributed by atoms with van der Waals surface area (Å²) in [6, 6.07) is -0.398. The molecule has 0 aromatic heterocycles. The highest BCUT2D eigenvalue weighted by molar-refractivity contribution is 5.80. The molecule has 1 aliphatic heterocycles. The molecule has 4 nitrogen and oxygen atoms in total. The minimum atomic E-state index is -0.398. The Balaban J connectivity index is 2.11. The Labute approximate surface area is 92.2 Å². The number of carbonyl (C=O) groups excluding carboxylic acids is 1. The molecule has 0 spiro atoms. The van der Waals surface area contributed by atoms with Crippen molar-refractivity contribution < 1.29 is 4.79 Å². The predicted octanol–water partition coefficient (Wildman–Crippen LogP) is 0.182. The zero-order valence-electron chi connectivity index (χ0n) is 9.83. The van der Waals surface area contributed by atoms with Gasteiger partial charge >= 0.3 is 0 Å². The quantitative estimate of drug-likeness (QED) is 0.700. The number of nitrogens with two attached hydrogens (primary N) is 1. The van der Waals surface area contributed by atoms with Gasteiger partial charge in [0.25, 0.3) is 0 Å². The summed E-state index contributed by atoms with van der Waals surface area (Å²) in [5, 5.41) is 2.84. The lowest BCUT2D eigenvalue weighted by molar-refractivity contribution is -0.122. The summed E-state index contributed by atoms with van der Waals surface area (Å²) in [5.41, 5.74) is 5.45. The summed E-state index contributed by atoms with van der Waals surface area (Å²) in [4.78, 5) is 13.6. The van der Waals surface area contributed by atoms with Crippen LogP contribution in [-0.2, 0) is 4.79 Å². The van der Waals surface area contributed by atoms with E-state index in [0.717, 1.165) is 19.0 Å². The zero-order valence-corrected chi connectivity index (χ0v) is 9.83. The fraction of sp³-hybridized carbons (Fsp3) is 0.909. The van der Waals surface area contributed by atoms with Crippen LogP contribution in [0.1, 0.15) is 26.7 Å². The fourth-order valence-electron chi connectivity index (χ4n) is 1.99. The number of piperidine rings is 1. The van der Waals surface area contributed by atoms with Crippen LogP contribution in [-0.4, -0.2) is 43.0 Å². The lowest BCUT2D eigenvalue weighted by Gasteiger charge is -2.30. The van der Waals surface area contributed by atoms with Crippen LogP contribution in [0.5, 0.6) is 0 Å². The van der Waals surface area contributed by atoms with E-state index in [2.05, 4.69) is 17.1 Å². The summed E-state index contributed by atoms with van der Waals surface area (Å²) in [5.74, 6) is 0.739. The highest BCUT2D eigenvalue weighted by Gasteiger charge is 2.15. The first kappa shape index (κ1) is 12.5. The van der Waals surface area contributed by atoms with Crippen LogP contribution in [0.15, 0.2) is 0 Å². The third-order valence-electron chi connectivity index (χ3n) is 2.88. The summed E-state index contributed by atoms with van der Waals surface area (Å²) in [6.07, 6.45) is 2.62. The molecule has 88 valence electrons. The smallest absolute Gasteiger partial charge is 0.236 e. The molecule has 3 N–H and O–H groups in total. The number of amides is 1. The van der Waals surface area contributed by atoms with Gasteiger partial charge in [-0.15, -0.1) is 0 Å². The molecule has 0 saturated carbocycles. The molecule has 1 saturated heterocycles. The molecule has 1 amide bonds. The maximum atomic E-state index is 11.2. The minimum Gasteiger partial charge on any atom is -0.353 e. The molecule has 0 aliphatic carbocycles. The largest absolute Gasteiger partial charge is 0.353 e. The van der Waals surface area contributed by atoms with Crippen molar-refractivity contribution in [2.45, 2.75) is 32.7 Å². The number of hydrogen-bond donors (Lipinski definition) is 2. The van der Waals surface area contributed by atoms with Crippen molar-refractivity contribution in [1.82, 2.24) is 10.2 Å². The van der Waals surface area contributed by atoms with Gasteiger partial charge < -0.3 is 16.0 Å². The van der Waals surface area contributed by atoms with E-state index in [1.807, 2.05) is 0 Å². The molecule has 1 fully saturated rings. The average molecular weight is 213 g/mol. The van der Waals surface area contributed by atoms with Crippen molar-refractivity contribution in [1.29, 1.82) is 0 Å². The van der Waals surface area contributed by atoms with Gasteiger partial charge in [0, 0.05) is 19.6 Å². The Bertz CT molecular complexity index is 206. The van der Waals surface area contributed by atoms with Crippen LogP contribution in [0.25, 0.3) is 0 Å². The molecular weight excluding hydrogens is 190 g/mol. The van der Waals surface area contributed by atoms with Crippen molar-refractivity contribution in [2.75, 3.05) is 26.2 Å². The van der Waals surface area contributed by atoms with Crippen LogP contribution in [0.3, 0.4) is 0 Å². The van der Waals surface area contributed by atoms with Gasteiger partial charge in [0.1, 0.15) is 0 Å². The summed E-state index contributed by atoms with van der Waals surface area (Å²) in [7, 11) is 0. The number of carbonyl (C=O) groups is 1. The first-order chi connectivity index (χ1) is 7.09. The van der Waals surface area contributed by atoms with E-state index in [9.17, 15) is 4.79 Å². The Morgan fingerprint density at radius 1 is 1.67 bits per heavy atom. The van der Waals surface area contributed by atoms with E-state index < -0.39 is 6.04 Å². The maximum Gasteiger partial charge on any atom is 0.236 e. The number of likely N-dealkylation sites (tertiary alicyclic amines) is 1. The van der Waals surface area contributed by atoms with Crippen molar-refractivity contribution in [3.63, 3.8) is 0 Å². The number of nitrogens with one attached hydrogen (secondary N) is 1. The number of nitrogens with zero attached hydrogens (tertiary/aromatic N) is 1. The molecule has 0 aromatic carbocycles. The lowest BCUT2D eigenvalue weighted by Crippen LogP contribution is -2.44. The number of hydrogen-bond acceptors (Lipinski definition) is 3. The molecule has 0 aromatic rings. The van der Waals surface area contributed by atoms with Crippen molar-refractivity contribution in [3.8, 4) is 0 Å². The van der Waals surface area contributed by atoms with Crippen LogP contribution in [0.4, 0.5) is 0 Å². The zero-order chi connectivity index (χ0) is 11.3. The summed E-state index contributed by atoms with van der Waals surface area (Å²) >= 11 is 0. The molecule has 0 radical (unpaired) electrons. The Morgan fingerprint density at radius 2 is 2.40 bits per heavy atom. The van der Waals surface area contributed by atoms with Gasteiger partial charge in [0.2, 0.25) is 5.91 Å². The standard InChI is InChI=1S/C11H23N3O/c1-9-4-3-6-14(8-9)7-5-13-11(15)10(2)12/h9-10H,3-8,12H2,1-2H3,(H,13,15). The number of rotatable bonds is 4. The highest BCUT2D eigenvalue weighted by atomic mass is 16.2.